The molecule has 1 spiro atoms. The van der Waals surface area contributed by atoms with Gasteiger partial charge in [0.05, 0.1) is 11.7 Å². The second-order valence-corrected chi connectivity index (χ2v) is 7.88. The summed E-state index contributed by atoms with van der Waals surface area (Å²) >= 11 is 0. The first-order chi connectivity index (χ1) is 13.7. The van der Waals surface area contributed by atoms with Gasteiger partial charge in [-0.15, -0.1) is 0 Å². The van der Waals surface area contributed by atoms with E-state index in [1.165, 1.54) is 44.6 Å². The molecule has 2 aromatic carbocycles. The average molecular weight is 383 g/mol. The molecule has 0 radical (unpaired) electrons. The lowest BCUT2D eigenvalue weighted by Gasteiger charge is -2.37. The van der Waals surface area contributed by atoms with E-state index in [1.807, 2.05) is 38.1 Å². The fraction of sp³-hybridized carbons (Fsp3) is 0.480. The maximum absolute atomic E-state index is 14.3. The van der Waals surface area contributed by atoms with Gasteiger partial charge in [0.2, 0.25) is 0 Å². The van der Waals surface area contributed by atoms with Crippen LogP contribution in [0.2, 0.25) is 0 Å². The van der Waals surface area contributed by atoms with Crippen LogP contribution in [0.25, 0.3) is 11.1 Å². The van der Waals surface area contributed by atoms with Gasteiger partial charge >= 0.3 is 0 Å². The molecule has 0 saturated heterocycles. The van der Waals surface area contributed by atoms with Crippen molar-refractivity contribution >= 4 is 6.29 Å². The largest absolute Gasteiger partial charge is 0.490 e. The van der Waals surface area contributed by atoms with Crippen LogP contribution in [-0.4, -0.2) is 12.4 Å². The predicted octanol–water partition coefficient (Wildman–Crippen LogP) is 7.21. The van der Waals surface area contributed by atoms with Crippen molar-refractivity contribution in [3.63, 3.8) is 0 Å². The van der Waals surface area contributed by atoms with Crippen LogP contribution in [-0.2, 0) is 0 Å². The van der Waals surface area contributed by atoms with Crippen molar-refractivity contribution in [1.82, 2.24) is 0 Å². The summed E-state index contributed by atoms with van der Waals surface area (Å²) < 4.78 is 20.5. The molecule has 28 heavy (non-hydrogen) atoms. The highest BCUT2D eigenvalue weighted by Crippen LogP contribution is 2.49. The molecule has 0 heterocycles. The van der Waals surface area contributed by atoms with Crippen molar-refractivity contribution in [1.29, 1.82) is 0 Å². The van der Waals surface area contributed by atoms with Gasteiger partial charge in [0.25, 0.3) is 0 Å². The molecule has 0 bridgehead atoms. The molecule has 2 nitrogen and oxygen atoms in total. The number of rotatable bonds is 4. The fourth-order valence-electron chi connectivity index (χ4n) is 4.72. The van der Waals surface area contributed by atoms with Crippen molar-refractivity contribution in [3.05, 3.63) is 53.8 Å². The van der Waals surface area contributed by atoms with Crippen molar-refractivity contribution in [2.75, 3.05) is 0 Å². The first kappa shape index (κ1) is 20.6. The van der Waals surface area contributed by atoms with Gasteiger partial charge in [0, 0.05) is 5.56 Å². The van der Waals surface area contributed by atoms with E-state index in [-0.39, 0.29) is 5.56 Å². The van der Waals surface area contributed by atoms with E-state index in [1.54, 1.807) is 12.1 Å². The topological polar surface area (TPSA) is 26.3 Å². The monoisotopic (exact) mass is 382 g/mol. The molecule has 0 amide bonds. The normalized spacial score (nSPS) is 18.4. The number of carbonyl (C=O) groups excluding carboxylic acids is 1. The molecule has 2 fully saturated rings. The van der Waals surface area contributed by atoms with Gasteiger partial charge in [-0.25, -0.2) is 4.39 Å². The summed E-state index contributed by atoms with van der Waals surface area (Å²) in [6.07, 6.45) is 11.3. The molecule has 2 aromatic rings. The fourth-order valence-corrected chi connectivity index (χ4v) is 4.72. The maximum Gasteiger partial charge on any atom is 0.153 e. The van der Waals surface area contributed by atoms with Crippen molar-refractivity contribution in [3.8, 4) is 16.9 Å². The van der Waals surface area contributed by atoms with Gasteiger partial charge < -0.3 is 4.74 Å². The zero-order valence-electron chi connectivity index (χ0n) is 17.0. The van der Waals surface area contributed by atoms with E-state index in [2.05, 4.69) is 0 Å². The van der Waals surface area contributed by atoms with E-state index >= 15 is 0 Å². The van der Waals surface area contributed by atoms with E-state index in [0.29, 0.717) is 23.4 Å². The highest BCUT2D eigenvalue weighted by molar-refractivity contribution is 5.79. The molecule has 0 aliphatic heterocycles. The minimum atomic E-state index is -0.467. The molecule has 0 atom stereocenters. The Balaban J connectivity index is 0.00000109. The Morgan fingerprint density at radius 2 is 1.61 bits per heavy atom. The summed E-state index contributed by atoms with van der Waals surface area (Å²) in [5.41, 5.74) is 1.91. The molecule has 0 aromatic heterocycles. The Kier molecular flexibility index (Phi) is 6.88. The van der Waals surface area contributed by atoms with Gasteiger partial charge in [-0.3, -0.25) is 4.79 Å². The number of halogens is 1. The quantitative estimate of drug-likeness (QED) is 0.522. The van der Waals surface area contributed by atoms with Crippen LogP contribution < -0.4 is 4.74 Å². The summed E-state index contributed by atoms with van der Waals surface area (Å²) in [5, 5.41) is 0. The molecule has 3 heteroatoms. The minimum Gasteiger partial charge on any atom is -0.490 e. The lowest BCUT2D eigenvalue weighted by Crippen LogP contribution is -2.30. The zero-order valence-corrected chi connectivity index (χ0v) is 17.0. The van der Waals surface area contributed by atoms with Crippen LogP contribution in [0.1, 0.15) is 75.6 Å². The summed E-state index contributed by atoms with van der Waals surface area (Å²) in [6.45, 7) is 4.00. The first-order valence-corrected chi connectivity index (χ1v) is 10.7. The Hall–Kier alpha value is -2.16. The Labute approximate surface area is 168 Å². The lowest BCUT2D eigenvalue weighted by molar-refractivity contribution is 0.0824. The molecule has 0 N–H and O–H groups in total. The van der Waals surface area contributed by atoms with Crippen molar-refractivity contribution < 1.29 is 13.9 Å². The third-order valence-electron chi connectivity index (χ3n) is 6.28. The maximum atomic E-state index is 14.3. The van der Waals surface area contributed by atoms with Crippen LogP contribution in [0.3, 0.4) is 0 Å². The summed E-state index contributed by atoms with van der Waals surface area (Å²) in [7, 11) is 0. The summed E-state index contributed by atoms with van der Waals surface area (Å²) in [5.74, 6) is 0.374. The third kappa shape index (κ3) is 4.45. The minimum absolute atomic E-state index is 0.0888. The molecular formula is C25H31FO2. The number of ether oxygens (including phenoxy) is 1. The van der Waals surface area contributed by atoms with Crippen LogP contribution in [0.15, 0.2) is 42.5 Å². The predicted molar refractivity (Wildman–Crippen MR) is 112 cm³/mol. The molecule has 0 unspecified atom stereocenters. The molecule has 2 aliphatic carbocycles. The molecule has 2 saturated carbocycles. The van der Waals surface area contributed by atoms with E-state index in [4.69, 9.17) is 4.74 Å². The van der Waals surface area contributed by atoms with Gasteiger partial charge in [0.1, 0.15) is 11.6 Å². The molecule has 4 rings (SSSR count). The van der Waals surface area contributed by atoms with Gasteiger partial charge in [0.15, 0.2) is 6.29 Å². The molecule has 2 aliphatic rings. The molecular weight excluding hydrogens is 351 g/mol. The van der Waals surface area contributed by atoms with E-state index in [9.17, 15) is 9.18 Å². The van der Waals surface area contributed by atoms with Crippen molar-refractivity contribution in [2.24, 2.45) is 5.41 Å². The van der Waals surface area contributed by atoms with Gasteiger partial charge in [-0.05, 0) is 67.7 Å². The number of hydrogen-bond donors (Lipinski definition) is 0. The summed E-state index contributed by atoms with van der Waals surface area (Å²) in [6, 6.07) is 12.4. The van der Waals surface area contributed by atoms with Crippen molar-refractivity contribution in [2.45, 2.75) is 71.3 Å². The highest BCUT2D eigenvalue weighted by atomic mass is 19.1. The number of carbonyl (C=O) groups is 1. The standard InChI is InChI=1S/C23H25FO2.C2H6/c24-22-18(16-25)4-3-5-21(22)17-6-8-19(9-7-17)26-20-10-14-23(15-11-20)12-1-2-13-23;1-2/h3-9,16,20H,1-2,10-15H2;1-2H3. The lowest BCUT2D eigenvalue weighted by atomic mass is 9.72. The number of hydrogen-bond acceptors (Lipinski definition) is 2. The van der Waals surface area contributed by atoms with Crippen LogP contribution >= 0.6 is 0 Å². The Morgan fingerprint density at radius 1 is 0.964 bits per heavy atom. The summed E-state index contributed by atoms with van der Waals surface area (Å²) in [4.78, 5) is 10.9. The van der Waals surface area contributed by atoms with Crippen LogP contribution in [0, 0.1) is 11.2 Å². The van der Waals surface area contributed by atoms with E-state index < -0.39 is 5.82 Å². The SMILES string of the molecule is CC.O=Cc1cccc(-c2ccc(OC3CCC4(CCCC4)CC3)cc2)c1F. The number of benzene rings is 2. The zero-order chi connectivity index (χ0) is 20.0. The average Bonchev–Trinajstić information content (AvgIpc) is 3.20. The Bertz CT molecular complexity index is 766. The Morgan fingerprint density at radius 3 is 2.21 bits per heavy atom. The first-order valence-electron chi connectivity index (χ1n) is 10.7. The smallest absolute Gasteiger partial charge is 0.153 e. The van der Waals surface area contributed by atoms with Gasteiger partial charge in [-0.2, -0.15) is 0 Å². The molecule has 150 valence electrons. The third-order valence-corrected chi connectivity index (χ3v) is 6.28. The van der Waals surface area contributed by atoms with Crippen LogP contribution in [0.5, 0.6) is 5.75 Å². The number of aldehydes is 1. The second-order valence-electron chi connectivity index (χ2n) is 7.88. The second kappa shape index (κ2) is 9.36. The van der Waals surface area contributed by atoms with Crippen LogP contribution in [0.4, 0.5) is 4.39 Å². The van der Waals surface area contributed by atoms with E-state index in [0.717, 1.165) is 24.2 Å². The highest BCUT2D eigenvalue weighted by Gasteiger charge is 2.38. The van der Waals surface area contributed by atoms with Gasteiger partial charge in [-0.1, -0.05) is 51.0 Å².